The predicted molar refractivity (Wildman–Crippen MR) is 83.1 cm³/mol. The van der Waals surface area contributed by atoms with Crippen LogP contribution in [0.2, 0.25) is 0 Å². The average molecular weight is 259 g/mol. The second-order valence-electron chi connectivity index (χ2n) is 6.40. The topological polar surface area (TPSA) is 3.24 Å². The molecule has 106 valence electrons. The van der Waals surface area contributed by atoms with Crippen LogP contribution in [0, 0.1) is 11.3 Å². The van der Waals surface area contributed by atoms with Crippen molar-refractivity contribution in [2.24, 2.45) is 11.3 Å². The molecule has 1 heterocycles. The first-order valence-electron chi connectivity index (χ1n) is 7.94. The van der Waals surface area contributed by atoms with Crippen molar-refractivity contribution < 1.29 is 0 Å². The SMILES string of the molecule is CCC(C)(CC)C1CCN(Cc2ccccc2)CC1. The van der Waals surface area contributed by atoms with Gasteiger partial charge < -0.3 is 0 Å². The first kappa shape index (κ1) is 14.6. The molecule has 19 heavy (non-hydrogen) atoms. The summed E-state index contributed by atoms with van der Waals surface area (Å²) in [4.78, 5) is 2.62. The molecule has 1 saturated heterocycles. The van der Waals surface area contributed by atoms with Crippen molar-refractivity contribution in [2.75, 3.05) is 13.1 Å². The van der Waals surface area contributed by atoms with Crippen LogP contribution in [0.25, 0.3) is 0 Å². The van der Waals surface area contributed by atoms with Crippen LogP contribution in [0.15, 0.2) is 30.3 Å². The van der Waals surface area contributed by atoms with E-state index in [1.54, 1.807) is 0 Å². The summed E-state index contributed by atoms with van der Waals surface area (Å²) in [5.41, 5.74) is 2.02. The van der Waals surface area contributed by atoms with E-state index < -0.39 is 0 Å². The van der Waals surface area contributed by atoms with E-state index in [4.69, 9.17) is 0 Å². The summed E-state index contributed by atoms with van der Waals surface area (Å²) in [6, 6.07) is 10.9. The number of hydrogen-bond donors (Lipinski definition) is 0. The minimum atomic E-state index is 0.568. The normalized spacial score (nSPS) is 18.7. The minimum Gasteiger partial charge on any atom is -0.299 e. The average Bonchev–Trinajstić information content (AvgIpc) is 2.48. The van der Waals surface area contributed by atoms with E-state index in [0.29, 0.717) is 5.41 Å². The largest absolute Gasteiger partial charge is 0.299 e. The van der Waals surface area contributed by atoms with Gasteiger partial charge in [0.2, 0.25) is 0 Å². The summed E-state index contributed by atoms with van der Waals surface area (Å²) in [6.45, 7) is 10.9. The Labute approximate surface area is 119 Å². The number of rotatable bonds is 5. The smallest absolute Gasteiger partial charge is 0.0233 e. The summed E-state index contributed by atoms with van der Waals surface area (Å²) >= 11 is 0. The molecule has 1 aliphatic heterocycles. The Kier molecular flexibility index (Phi) is 5.04. The number of benzene rings is 1. The number of hydrogen-bond acceptors (Lipinski definition) is 1. The van der Waals surface area contributed by atoms with Crippen LogP contribution in [-0.2, 0) is 6.54 Å². The van der Waals surface area contributed by atoms with Gasteiger partial charge >= 0.3 is 0 Å². The van der Waals surface area contributed by atoms with Crippen LogP contribution in [0.5, 0.6) is 0 Å². The summed E-state index contributed by atoms with van der Waals surface area (Å²) < 4.78 is 0. The van der Waals surface area contributed by atoms with Gasteiger partial charge in [0.05, 0.1) is 0 Å². The third-order valence-electron chi connectivity index (χ3n) is 5.44. The van der Waals surface area contributed by atoms with E-state index in [9.17, 15) is 0 Å². The molecule has 0 saturated carbocycles. The maximum atomic E-state index is 2.62. The van der Waals surface area contributed by atoms with E-state index in [-0.39, 0.29) is 0 Å². The fourth-order valence-electron chi connectivity index (χ4n) is 3.46. The van der Waals surface area contributed by atoms with Gasteiger partial charge in [0.1, 0.15) is 0 Å². The zero-order chi connectivity index (χ0) is 13.7. The highest BCUT2D eigenvalue weighted by Gasteiger charge is 2.33. The van der Waals surface area contributed by atoms with Gasteiger partial charge in [-0.05, 0) is 42.8 Å². The lowest BCUT2D eigenvalue weighted by Crippen LogP contribution is -2.39. The Morgan fingerprint density at radius 1 is 1.05 bits per heavy atom. The molecule has 2 rings (SSSR count). The van der Waals surface area contributed by atoms with Crippen molar-refractivity contribution in [3.05, 3.63) is 35.9 Å². The molecule has 0 aromatic heterocycles. The van der Waals surface area contributed by atoms with Gasteiger partial charge in [-0.1, -0.05) is 63.9 Å². The molecule has 1 heteroatoms. The third-order valence-corrected chi connectivity index (χ3v) is 5.44. The van der Waals surface area contributed by atoms with Crippen molar-refractivity contribution in [3.8, 4) is 0 Å². The van der Waals surface area contributed by atoms with Gasteiger partial charge in [0, 0.05) is 6.54 Å². The highest BCUT2D eigenvalue weighted by molar-refractivity contribution is 5.14. The molecule has 1 aliphatic rings. The molecule has 1 fully saturated rings. The zero-order valence-electron chi connectivity index (χ0n) is 12.9. The molecule has 0 amide bonds. The highest BCUT2D eigenvalue weighted by atomic mass is 15.1. The number of likely N-dealkylation sites (tertiary alicyclic amines) is 1. The Hall–Kier alpha value is -0.820. The minimum absolute atomic E-state index is 0.568. The molecule has 0 spiro atoms. The molecule has 0 unspecified atom stereocenters. The maximum Gasteiger partial charge on any atom is 0.0233 e. The van der Waals surface area contributed by atoms with Crippen LogP contribution < -0.4 is 0 Å². The molecule has 1 aromatic carbocycles. The van der Waals surface area contributed by atoms with Gasteiger partial charge in [-0.15, -0.1) is 0 Å². The second-order valence-corrected chi connectivity index (χ2v) is 6.40. The summed E-state index contributed by atoms with van der Waals surface area (Å²) in [7, 11) is 0. The van der Waals surface area contributed by atoms with E-state index in [0.717, 1.165) is 12.5 Å². The van der Waals surface area contributed by atoms with Crippen LogP contribution in [0.3, 0.4) is 0 Å². The fraction of sp³-hybridized carbons (Fsp3) is 0.667. The van der Waals surface area contributed by atoms with Crippen molar-refractivity contribution >= 4 is 0 Å². The zero-order valence-corrected chi connectivity index (χ0v) is 12.9. The fourth-order valence-corrected chi connectivity index (χ4v) is 3.46. The molecule has 1 nitrogen and oxygen atoms in total. The lowest BCUT2D eigenvalue weighted by Gasteiger charge is -2.42. The summed E-state index contributed by atoms with van der Waals surface area (Å²) in [5.74, 6) is 0.925. The van der Waals surface area contributed by atoms with E-state index in [1.165, 1.54) is 44.3 Å². The third kappa shape index (κ3) is 3.60. The Bertz CT molecular complexity index is 359. The molecule has 0 aliphatic carbocycles. The second kappa shape index (κ2) is 6.56. The van der Waals surface area contributed by atoms with Crippen LogP contribution >= 0.6 is 0 Å². The van der Waals surface area contributed by atoms with Crippen LogP contribution in [0.4, 0.5) is 0 Å². The highest BCUT2D eigenvalue weighted by Crippen LogP contribution is 2.40. The Balaban J connectivity index is 1.86. The molecule has 1 aromatic rings. The van der Waals surface area contributed by atoms with Gasteiger partial charge in [-0.2, -0.15) is 0 Å². The first-order valence-corrected chi connectivity index (χ1v) is 7.94. The van der Waals surface area contributed by atoms with Gasteiger partial charge in [-0.3, -0.25) is 4.90 Å². The quantitative estimate of drug-likeness (QED) is 0.739. The number of nitrogens with zero attached hydrogens (tertiary/aromatic N) is 1. The lowest BCUT2D eigenvalue weighted by molar-refractivity contribution is 0.0776. The number of piperidine rings is 1. The predicted octanol–water partition coefficient (Wildman–Crippen LogP) is 4.72. The summed E-state index contributed by atoms with van der Waals surface area (Å²) in [6.07, 6.45) is 5.41. The van der Waals surface area contributed by atoms with E-state index in [2.05, 4.69) is 56.0 Å². The standard InChI is InChI=1S/C18H29N/c1-4-18(3,5-2)17-11-13-19(14-12-17)15-16-9-7-6-8-10-16/h6-10,17H,4-5,11-15H2,1-3H3. The van der Waals surface area contributed by atoms with E-state index >= 15 is 0 Å². The molecule has 0 radical (unpaired) electrons. The molecule has 0 N–H and O–H groups in total. The molecular weight excluding hydrogens is 230 g/mol. The monoisotopic (exact) mass is 259 g/mol. The van der Waals surface area contributed by atoms with Crippen molar-refractivity contribution in [1.29, 1.82) is 0 Å². The van der Waals surface area contributed by atoms with Crippen molar-refractivity contribution in [3.63, 3.8) is 0 Å². The Morgan fingerprint density at radius 2 is 1.63 bits per heavy atom. The molecular formula is C18H29N. The van der Waals surface area contributed by atoms with Gasteiger partial charge in [-0.25, -0.2) is 0 Å². The van der Waals surface area contributed by atoms with Crippen LogP contribution in [0.1, 0.15) is 52.0 Å². The Morgan fingerprint density at radius 3 is 2.16 bits per heavy atom. The molecule has 0 bridgehead atoms. The summed E-state index contributed by atoms with van der Waals surface area (Å²) in [5, 5.41) is 0. The molecule has 0 atom stereocenters. The maximum absolute atomic E-state index is 2.62. The van der Waals surface area contributed by atoms with Crippen molar-refractivity contribution in [2.45, 2.75) is 53.0 Å². The lowest BCUT2D eigenvalue weighted by atomic mass is 9.69. The van der Waals surface area contributed by atoms with Gasteiger partial charge in [0.15, 0.2) is 0 Å². The van der Waals surface area contributed by atoms with Crippen molar-refractivity contribution in [1.82, 2.24) is 4.90 Å². The van der Waals surface area contributed by atoms with Gasteiger partial charge in [0.25, 0.3) is 0 Å². The first-order chi connectivity index (χ1) is 9.18. The van der Waals surface area contributed by atoms with E-state index in [1.807, 2.05) is 0 Å². The van der Waals surface area contributed by atoms with Crippen LogP contribution in [-0.4, -0.2) is 18.0 Å².